The van der Waals surface area contributed by atoms with E-state index in [0.29, 0.717) is 18.0 Å². The highest BCUT2D eigenvalue weighted by Crippen LogP contribution is 2.28. The second kappa shape index (κ2) is 4.60. The first-order valence-corrected chi connectivity index (χ1v) is 6.50. The number of aromatic nitrogens is 1. The molecule has 0 radical (unpaired) electrons. The summed E-state index contributed by atoms with van der Waals surface area (Å²) in [5, 5.41) is 2.14. The van der Waals surface area contributed by atoms with E-state index in [1.807, 2.05) is 5.51 Å². The zero-order valence-corrected chi connectivity index (χ0v) is 10.2. The van der Waals surface area contributed by atoms with Gasteiger partial charge in [0.25, 0.3) is 0 Å². The van der Waals surface area contributed by atoms with E-state index in [4.69, 9.17) is 5.73 Å². The maximum absolute atomic E-state index is 5.94. The molecule has 0 aliphatic carbocycles. The summed E-state index contributed by atoms with van der Waals surface area (Å²) in [5.41, 5.74) is 9.05. The first-order chi connectivity index (χ1) is 7.18. The van der Waals surface area contributed by atoms with E-state index < -0.39 is 0 Å². The minimum atomic E-state index is 0.317. The van der Waals surface area contributed by atoms with Crippen molar-refractivity contribution in [2.45, 2.75) is 32.4 Å². The topological polar surface area (TPSA) is 42.1 Å². The molecule has 3 nitrogen and oxygen atoms in total. The standard InChI is InChI=1S/C11H19N3S/c1-8(12)10-3-4-14(5-10)9(2)11-6-15-7-13-11/h6-10H,3-5,12H2,1-2H3. The Morgan fingerprint density at radius 3 is 2.93 bits per heavy atom. The zero-order valence-electron chi connectivity index (χ0n) is 9.39. The Kier molecular flexibility index (Phi) is 3.38. The molecule has 4 heteroatoms. The molecule has 1 aromatic heterocycles. The molecule has 15 heavy (non-hydrogen) atoms. The second-order valence-corrected chi connectivity index (χ2v) is 5.21. The first-order valence-electron chi connectivity index (χ1n) is 5.56. The van der Waals surface area contributed by atoms with Crippen molar-refractivity contribution < 1.29 is 0 Å². The van der Waals surface area contributed by atoms with Crippen LogP contribution in [0.1, 0.15) is 32.0 Å². The van der Waals surface area contributed by atoms with Crippen LogP contribution in [0.2, 0.25) is 0 Å². The van der Waals surface area contributed by atoms with Gasteiger partial charge in [-0.2, -0.15) is 0 Å². The summed E-state index contributed by atoms with van der Waals surface area (Å²) >= 11 is 1.67. The largest absolute Gasteiger partial charge is 0.328 e. The van der Waals surface area contributed by atoms with Crippen molar-refractivity contribution in [1.29, 1.82) is 0 Å². The predicted octanol–water partition coefficient (Wildman–Crippen LogP) is 1.87. The monoisotopic (exact) mass is 225 g/mol. The predicted molar refractivity (Wildman–Crippen MR) is 63.9 cm³/mol. The van der Waals surface area contributed by atoms with Gasteiger partial charge in [0.15, 0.2) is 0 Å². The van der Waals surface area contributed by atoms with E-state index in [1.54, 1.807) is 11.3 Å². The Labute approximate surface area is 95.3 Å². The van der Waals surface area contributed by atoms with Crippen LogP contribution in [0.15, 0.2) is 10.9 Å². The fourth-order valence-corrected chi connectivity index (χ4v) is 2.85. The third kappa shape index (κ3) is 2.38. The molecular formula is C11H19N3S. The molecule has 3 atom stereocenters. The molecule has 1 saturated heterocycles. The average Bonchev–Trinajstić information content (AvgIpc) is 2.88. The number of nitrogens with two attached hydrogens (primary N) is 1. The van der Waals surface area contributed by atoms with Crippen molar-refractivity contribution in [2.75, 3.05) is 13.1 Å². The molecular weight excluding hydrogens is 206 g/mol. The molecule has 2 N–H and O–H groups in total. The number of hydrogen-bond acceptors (Lipinski definition) is 4. The maximum Gasteiger partial charge on any atom is 0.0795 e. The third-order valence-electron chi connectivity index (χ3n) is 3.43. The minimum absolute atomic E-state index is 0.317. The molecule has 1 aromatic rings. The molecule has 2 heterocycles. The van der Waals surface area contributed by atoms with Crippen molar-refractivity contribution in [2.24, 2.45) is 11.7 Å². The van der Waals surface area contributed by atoms with Gasteiger partial charge >= 0.3 is 0 Å². The molecule has 0 amide bonds. The van der Waals surface area contributed by atoms with Crippen LogP contribution in [0.3, 0.4) is 0 Å². The van der Waals surface area contributed by atoms with Gasteiger partial charge in [-0.15, -0.1) is 11.3 Å². The number of thiazole rings is 1. The van der Waals surface area contributed by atoms with Crippen LogP contribution < -0.4 is 5.73 Å². The van der Waals surface area contributed by atoms with E-state index >= 15 is 0 Å². The smallest absolute Gasteiger partial charge is 0.0795 e. The highest BCUT2D eigenvalue weighted by molar-refractivity contribution is 7.07. The van der Waals surface area contributed by atoms with Gasteiger partial charge in [0.2, 0.25) is 0 Å². The quantitative estimate of drug-likeness (QED) is 0.854. The van der Waals surface area contributed by atoms with Crippen LogP contribution in [0.5, 0.6) is 0 Å². The molecule has 0 bridgehead atoms. The number of rotatable bonds is 3. The van der Waals surface area contributed by atoms with Gasteiger partial charge in [-0.1, -0.05) is 0 Å². The van der Waals surface area contributed by atoms with Crippen molar-refractivity contribution in [1.82, 2.24) is 9.88 Å². The minimum Gasteiger partial charge on any atom is -0.328 e. The summed E-state index contributed by atoms with van der Waals surface area (Å²) in [7, 11) is 0. The molecule has 3 unspecified atom stereocenters. The third-order valence-corrected chi connectivity index (χ3v) is 4.03. The molecule has 0 aromatic carbocycles. The van der Waals surface area contributed by atoms with E-state index in [0.717, 1.165) is 13.1 Å². The lowest BCUT2D eigenvalue weighted by Gasteiger charge is -2.23. The zero-order chi connectivity index (χ0) is 10.8. The molecule has 1 aliphatic heterocycles. The summed E-state index contributed by atoms with van der Waals surface area (Å²) in [6.45, 7) is 6.63. The van der Waals surface area contributed by atoms with E-state index in [9.17, 15) is 0 Å². The Balaban J connectivity index is 1.96. The summed E-state index contributed by atoms with van der Waals surface area (Å²) in [6.07, 6.45) is 1.23. The van der Waals surface area contributed by atoms with Gasteiger partial charge in [-0.05, 0) is 32.7 Å². The van der Waals surface area contributed by atoms with Crippen molar-refractivity contribution >= 4 is 11.3 Å². The van der Waals surface area contributed by atoms with E-state index in [2.05, 4.69) is 29.1 Å². The highest BCUT2D eigenvalue weighted by Gasteiger charge is 2.29. The van der Waals surface area contributed by atoms with Crippen LogP contribution in [0.25, 0.3) is 0 Å². The molecule has 2 rings (SSSR count). The SMILES string of the molecule is CC(N)C1CCN(C(C)c2cscn2)C1. The number of nitrogens with zero attached hydrogens (tertiary/aromatic N) is 2. The summed E-state index contributed by atoms with van der Waals surface area (Å²) in [4.78, 5) is 6.87. The molecule has 1 aliphatic rings. The van der Waals surface area contributed by atoms with Crippen LogP contribution in [0.4, 0.5) is 0 Å². The first kappa shape index (κ1) is 11.0. The summed E-state index contributed by atoms with van der Waals surface area (Å²) < 4.78 is 0. The molecule has 0 spiro atoms. The van der Waals surface area contributed by atoms with Gasteiger partial charge in [-0.25, -0.2) is 4.98 Å². The number of likely N-dealkylation sites (tertiary alicyclic amines) is 1. The van der Waals surface area contributed by atoms with Crippen molar-refractivity contribution in [3.8, 4) is 0 Å². The Morgan fingerprint density at radius 1 is 1.60 bits per heavy atom. The lowest BCUT2D eigenvalue weighted by Crippen LogP contribution is -2.31. The van der Waals surface area contributed by atoms with Gasteiger partial charge in [0.1, 0.15) is 0 Å². The Bertz CT molecular complexity index is 297. The summed E-state index contributed by atoms with van der Waals surface area (Å²) in [6, 6.07) is 0.762. The van der Waals surface area contributed by atoms with Gasteiger partial charge in [-0.3, -0.25) is 4.90 Å². The number of hydrogen-bond donors (Lipinski definition) is 1. The fourth-order valence-electron chi connectivity index (χ4n) is 2.21. The lowest BCUT2D eigenvalue weighted by atomic mass is 10.0. The van der Waals surface area contributed by atoms with Crippen molar-refractivity contribution in [3.05, 3.63) is 16.6 Å². The van der Waals surface area contributed by atoms with Gasteiger partial charge in [0, 0.05) is 18.0 Å². The molecule has 84 valence electrons. The van der Waals surface area contributed by atoms with Crippen LogP contribution in [-0.4, -0.2) is 29.0 Å². The van der Waals surface area contributed by atoms with Crippen LogP contribution in [-0.2, 0) is 0 Å². The Morgan fingerprint density at radius 2 is 2.40 bits per heavy atom. The highest BCUT2D eigenvalue weighted by atomic mass is 32.1. The van der Waals surface area contributed by atoms with Crippen LogP contribution >= 0.6 is 11.3 Å². The fraction of sp³-hybridized carbons (Fsp3) is 0.727. The summed E-state index contributed by atoms with van der Waals surface area (Å²) in [5.74, 6) is 0.658. The average molecular weight is 225 g/mol. The maximum atomic E-state index is 5.94. The molecule has 0 saturated carbocycles. The van der Waals surface area contributed by atoms with Crippen LogP contribution in [0, 0.1) is 5.92 Å². The van der Waals surface area contributed by atoms with E-state index in [-0.39, 0.29) is 0 Å². The lowest BCUT2D eigenvalue weighted by molar-refractivity contribution is 0.244. The Hall–Kier alpha value is -0.450. The van der Waals surface area contributed by atoms with E-state index in [1.165, 1.54) is 12.1 Å². The normalized spacial score (nSPS) is 26.7. The van der Waals surface area contributed by atoms with Gasteiger partial charge < -0.3 is 5.73 Å². The van der Waals surface area contributed by atoms with Crippen molar-refractivity contribution in [3.63, 3.8) is 0 Å². The second-order valence-electron chi connectivity index (χ2n) is 4.49. The molecule has 1 fully saturated rings. The van der Waals surface area contributed by atoms with Gasteiger partial charge in [0.05, 0.1) is 17.2 Å².